The minimum Gasteiger partial charge on any atom is -0.490 e. The van der Waals surface area contributed by atoms with Gasteiger partial charge in [0.05, 0.1) is 42.0 Å². The van der Waals surface area contributed by atoms with Gasteiger partial charge in [0, 0.05) is 17.8 Å². The number of methoxy groups -OCH3 is 1. The van der Waals surface area contributed by atoms with Crippen molar-refractivity contribution in [1.29, 1.82) is 0 Å². The van der Waals surface area contributed by atoms with Crippen LogP contribution in [0.15, 0.2) is 80.6 Å². The van der Waals surface area contributed by atoms with Crippen molar-refractivity contribution < 1.29 is 36.6 Å². The van der Waals surface area contributed by atoms with Gasteiger partial charge in [-0.1, -0.05) is 29.5 Å². The molecule has 5 rings (SSSR count). The molecule has 2 aromatic heterocycles. The van der Waals surface area contributed by atoms with Crippen molar-refractivity contribution in [1.82, 2.24) is 4.57 Å². The largest absolute Gasteiger partial charge is 0.490 e. The second-order valence-corrected chi connectivity index (χ2v) is 10.0. The molecule has 0 saturated carbocycles. The van der Waals surface area contributed by atoms with Crippen LogP contribution in [0.3, 0.4) is 0 Å². The smallest absolute Gasteiger partial charge is 0.416 e. The third-order valence-electron chi connectivity index (χ3n) is 6.38. The first-order valence-electron chi connectivity index (χ1n) is 12.9. The van der Waals surface area contributed by atoms with Gasteiger partial charge >= 0.3 is 12.1 Å². The quantitative estimate of drug-likeness (QED) is 0.262. The molecule has 218 valence electrons. The van der Waals surface area contributed by atoms with Crippen LogP contribution in [0.2, 0.25) is 0 Å². The SMILES string of the molecule is CCOc1ccc([C@@H]2C(C(=O)OC)=CN=c3s/c(=C/c4ccc(-c5cccc(C(F)(F)F)c5)o4)c(=O)n32)cc1OCC. The fourth-order valence-electron chi connectivity index (χ4n) is 4.55. The maximum Gasteiger partial charge on any atom is 0.416 e. The van der Waals surface area contributed by atoms with E-state index >= 15 is 0 Å². The Labute approximate surface area is 241 Å². The molecule has 0 radical (unpaired) electrons. The summed E-state index contributed by atoms with van der Waals surface area (Å²) in [6.07, 6.45) is -1.63. The van der Waals surface area contributed by atoms with Crippen LogP contribution in [-0.4, -0.2) is 30.9 Å². The number of rotatable bonds is 8. The van der Waals surface area contributed by atoms with Gasteiger partial charge in [-0.2, -0.15) is 13.2 Å². The summed E-state index contributed by atoms with van der Waals surface area (Å²) in [5.74, 6) is 0.799. The summed E-state index contributed by atoms with van der Waals surface area (Å²) >= 11 is 1.08. The number of benzene rings is 2. The standard InChI is InChI=1S/C30H25F3N2O6S/c1-4-39-23-11-9-18(14-24(23)40-5-2)26-21(28(37)38-3)16-34-29-35(26)27(36)25(42-29)15-20-10-12-22(41-20)17-7-6-8-19(13-17)30(31,32)33/h6-16,26H,4-5H2,1-3H3/b25-15+/t26-/m1/s1. The lowest BCUT2D eigenvalue weighted by atomic mass is 9.97. The van der Waals surface area contributed by atoms with Crippen LogP contribution in [0.25, 0.3) is 17.4 Å². The number of aromatic nitrogens is 1. The molecule has 3 heterocycles. The molecule has 1 aliphatic heterocycles. The average molecular weight is 599 g/mol. The van der Waals surface area contributed by atoms with Crippen molar-refractivity contribution in [2.75, 3.05) is 20.3 Å². The molecule has 0 aliphatic carbocycles. The predicted octanol–water partition coefficient (Wildman–Crippen LogP) is 5.09. The highest BCUT2D eigenvalue weighted by Crippen LogP contribution is 2.35. The van der Waals surface area contributed by atoms with E-state index in [1.165, 1.54) is 42.2 Å². The number of nitrogens with zero attached hydrogens (tertiary/aromatic N) is 2. The Balaban J connectivity index is 1.59. The number of ether oxygens (including phenoxy) is 3. The molecule has 1 atom stereocenters. The van der Waals surface area contributed by atoms with E-state index in [0.717, 1.165) is 23.5 Å². The number of carbonyl (C=O) groups excluding carboxylic acids is 1. The van der Waals surface area contributed by atoms with Crippen molar-refractivity contribution in [3.63, 3.8) is 0 Å². The minimum atomic E-state index is -4.49. The number of esters is 1. The molecule has 0 unspecified atom stereocenters. The van der Waals surface area contributed by atoms with Gasteiger partial charge in [-0.05, 0) is 55.8 Å². The predicted molar refractivity (Wildman–Crippen MR) is 149 cm³/mol. The Hall–Kier alpha value is -4.58. The Morgan fingerprint density at radius 3 is 2.55 bits per heavy atom. The number of alkyl halides is 3. The van der Waals surface area contributed by atoms with E-state index in [1.54, 1.807) is 24.3 Å². The summed E-state index contributed by atoms with van der Waals surface area (Å²) in [6, 6.07) is 12.2. The molecule has 0 fully saturated rings. The Morgan fingerprint density at radius 1 is 1.07 bits per heavy atom. The summed E-state index contributed by atoms with van der Waals surface area (Å²) in [4.78, 5) is 31.2. The van der Waals surface area contributed by atoms with Crippen LogP contribution in [0.5, 0.6) is 11.5 Å². The zero-order valence-corrected chi connectivity index (χ0v) is 23.5. The van der Waals surface area contributed by atoms with Gasteiger partial charge in [-0.15, -0.1) is 0 Å². The Morgan fingerprint density at radius 2 is 1.83 bits per heavy atom. The number of carbonyl (C=O) groups is 1. The fraction of sp³-hybridized carbons (Fsp3) is 0.233. The Bertz CT molecular complexity index is 1850. The minimum absolute atomic E-state index is 0.146. The van der Waals surface area contributed by atoms with Crippen molar-refractivity contribution in [2.24, 2.45) is 4.99 Å². The van der Waals surface area contributed by atoms with Gasteiger partial charge in [0.25, 0.3) is 5.56 Å². The van der Waals surface area contributed by atoms with Crippen LogP contribution in [-0.2, 0) is 15.7 Å². The lowest BCUT2D eigenvalue weighted by Gasteiger charge is -2.23. The first kappa shape index (κ1) is 28.9. The molecule has 12 heteroatoms. The van der Waals surface area contributed by atoms with Crippen molar-refractivity contribution >= 4 is 23.4 Å². The molecule has 8 nitrogen and oxygen atoms in total. The van der Waals surface area contributed by atoms with E-state index in [2.05, 4.69) is 4.99 Å². The molecule has 42 heavy (non-hydrogen) atoms. The highest BCUT2D eigenvalue weighted by Gasteiger charge is 2.32. The van der Waals surface area contributed by atoms with Gasteiger partial charge < -0.3 is 18.6 Å². The van der Waals surface area contributed by atoms with E-state index in [1.807, 2.05) is 13.8 Å². The highest BCUT2D eigenvalue weighted by atomic mass is 32.1. The van der Waals surface area contributed by atoms with Gasteiger partial charge in [0.15, 0.2) is 16.3 Å². The van der Waals surface area contributed by atoms with Gasteiger partial charge in [0.2, 0.25) is 0 Å². The lowest BCUT2D eigenvalue weighted by molar-refractivity contribution is -0.138. The summed E-state index contributed by atoms with van der Waals surface area (Å²) in [7, 11) is 1.24. The molecule has 0 amide bonds. The molecule has 4 aromatic rings. The third-order valence-corrected chi connectivity index (χ3v) is 7.38. The first-order valence-corrected chi connectivity index (χ1v) is 13.7. The number of furan rings is 1. The number of hydrogen-bond donors (Lipinski definition) is 0. The molecular formula is C30H25F3N2O6S. The summed E-state index contributed by atoms with van der Waals surface area (Å²) in [6.45, 7) is 4.47. The van der Waals surface area contributed by atoms with Gasteiger partial charge in [-0.3, -0.25) is 9.36 Å². The summed E-state index contributed by atoms with van der Waals surface area (Å²) < 4.78 is 63.4. The molecule has 2 aromatic carbocycles. The second-order valence-electron chi connectivity index (χ2n) is 9.03. The van der Waals surface area contributed by atoms with Crippen LogP contribution in [0.4, 0.5) is 13.2 Å². The normalized spacial score (nSPS) is 15.0. The van der Waals surface area contributed by atoms with Crippen LogP contribution >= 0.6 is 11.3 Å². The molecular weight excluding hydrogens is 573 g/mol. The number of thiazole rings is 1. The zero-order valence-electron chi connectivity index (χ0n) is 22.7. The third kappa shape index (κ3) is 5.62. The van der Waals surface area contributed by atoms with E-state index in [-0.39, 0.29) is 27.2 Å². The van der Waals surface area contributed by atoms with E-state index < -0.39 is 29.3 Å². The highest BCUT2D eigenvalue weighted by molar-refractivity contribution is 7.07. The zero-order chi connectivity index (χ0) is 30.0. The van der Waals surface area contributed by atoms with Crippen LogP contribution < -0.4 is 24.4 Å². The maximum atomic E-state index is 13.8. The van der Waals surface area contributed by atoms with E-state index in [0.29, 0.717) is 35.1 Å². The van der Waals surface area contributed by atoms with Crippen molar-refractivity contribution in [3.8, 4) is 22.8 Å². The number of hydrogen-bond acceptors (Lipinski definition) is 8. The fourth-order valence-corrected chi connectivity index (χ4v) is 5.50. The molecule has 0 spiro atoms. The number of fused-ring (bicyclic) bond motifs is 1. The lowest BCUT2D eigenvalue weighted by Crippen LogP contribution is -2.39. The van der Waals surface area contributed by atoms with E-state index in [9.17, 15) is 22.8 Å². The van der Waals surface area contributed by atoms with Gasteiger partial charge in [-0.25, -0.2) is 9.79 Å². The Kier molecular flexibility index (Phi) is 8.08. The monoisotopic (exact) mass is 598 g/mol. The topological polar surface area (TPSA) is 92.3 Å². The van der Waals surface area contributed by atoms with Crippen LogP contribution in [0.1, 0.15) is 36.8 Å². The van der Waals surface area contributed by atoms with Crippen LogP contribution in [0, 0.1) is 0 Å². The molecule has 0 N–H and O–H groups in total. The second kappa shape index (κ2) is 11.7. The first-order chi connectivity index (χ1) is 20.1. The van der Waals surface area contributed by atoms with E-state index in [4.69, 9.17) is 18.6 Å². The van der Waals surface area contributed by atoms with Crippen molar-refractivity contribution in [2.45, 2.75) is 26.1 Å². The maximum absolute atomic E-state index is 13.8. The van der Waals surface area contributed by atoms with Crippen molar-refractivity contribution in [3.05, 3.63) is 103 Å². The summed E-state index contributed by atoms with van der Waals surface area (Å²) in [5.41, 5.74) is -0.273. The molecule has 0 saturated heterocycles. The number of halogens is 3. The molecule has 1 aliphatic rings. The summed E-state index contributed by atoms with van der Waals surface area (Å²) in [5, 5.41) is 0. The van der Waals surface area contributed by atoms with Gasteiger partial charge in [0.1, 0.15) is 11.5 Å². The molecule has 0 bridgehead atoms. The average Bonchev–Trinajstić information content (AvgIpc) is 3.57.